The number of ether oxygens (including phenoxy) is 1. The Labute approximate surface area is 200 Å². The van der Waals surface area contributed by atoms with E-state index in [1.165, 1.54) is 0 Å². The molecular formula is C25H34N6O3. The van der Waals surface area contributed by atoms with Gasteiger partial charge in [-0.15, -0.1) is 0 Å². The molecule has 182 valence electrons. The van der Waals surface area contributed by atoms with Crippen molar-refractivity contribution < 1.29 is 14.4 Å². The van der Waals surface area contributed by atoms with Gasteiger partial charge in [0.15, 0.2) is 5.82 Å². The van der Waals surface area contributed by atoms with Crippen LogP contribution >= 0.6 is 0 Å². The van der Waals surface area contributed by atoms with Gasteiger partial charge in [0.05, 0.1) is 17.0 Å². The van der Waals surface area contributed by atoms with Crippen molar-refractivity contribution in [3.05, 3.63) is 41.8 Å². The van der Waals surface area contributed by atoms with Crippen molar-refractivity contribution in [2.24, 2.45) is 0 Å². The number of rotatable bonds is 8. The molecule has 0 radical (unpaired) electrons. The Morgan fingerprint density at radius 2 is 2.06 bits per heavy atom. The van der Waals surface area contributed by atoms with Gasteiger partial charge in [0.25, 0.3) is 0 Å². The second-order valence-corrected chi connectivity index (χ2v) is 8.96. The molecule has 0 amide bonds. The highest BCUT2D eigenvalue weighted by molar-refractivity contribution is 5.71. The lowest BCUT2D eigenvalue weighted by molar-refractivity contribution is 0.108. The fraction of sp³-hybridized carbons (Fsp3) is 0.480. The third kappa shape index (κ3) is 5.38. The summed E-state index contributed by atoms with van der Waals surface area (Å²) in [7, 11) is 3.95. The zero-order chi connectivity index (χ0) is 24.2. The van der Waals surface area contributed by atoms with Crippen LogP contribution in [0.5, 0.6) is 5.75 Å². The van der Waals surface area contributed by atoms with Crippen molar-refractivity contribution in [1.29, 1.82) is 0 Å². The molecule has 1 aromatic carbocycles. The molecule has 34 heavy (non-hydrogen) atoms. The third-order valence-electron chi connectivity index (χ3n) is 6.26. The molecular weight excluding hydrogens is 432 g/mol. The first kappa shape index (κ1) is 24.1. The van der Waals surface area contributed by atoms with E-state index in [9.17, 15) is 5.11 Å². The monoisotopic (exact) mass is 466 g/mol. The van der Waals surface area contributed by atoms with Crippen LogP contribution < -0.4 is 15.0 Å². The van der Waals surface area contributed by atoms with E-state index in [0.29, 0.717) is 24.2 Å². The van der Waals surface area contributed by atoms with Crippen molar-refractivity contribution in [2.75, 3.05) is 51.8 Å². The molecule has 2 aromatic heterocycles. The first-order chi connectivity index (χ1) is 16.4. The zero-order valence-corrected chi connectivity index (χ0v) is 20.6. The summed E-state index contributed by atoms with van der Waals surface area (Å²) in [5.74, 6) is 2.89. The van der Waals surface area contributed by atoms with Gasteiger partial charge in [0, 0.05) is 43.9 Å². The summed E-state index contributed by atoms with van der Waals surface area (Å²) in [5, 5.41) is 17.0. The Kier molecular flexibility index (Phi) is 7.45. The molecule has 9 nitrogen and oxygen atoms in total. The second-order valence-electron chi connectivity index (χ2n) is 8.96. The van der Waals surface area contributed by atoms with E-state index in [1.54, 1.807) is 7.05 Å². The van der Waals surface area contributed by atoms with Crippen LogP contribution in [0.3, 0.4) is 0 Å². The first-order valence-electron chi connectivity index (χ1n) is 11.7. The Hall–Kier alpha value is -3.01. The topological polar surface area (TPSA) is 99.8 Å². The van der Waals surface area contributed by atoms with Gasteiger partial charge in [-0.25, -0.2) is 9.97 Å². The number of anilines is 1. The smallest absolute Gasteiger partial charge is 0.162 e. The average molecular weight is 467 g/mol. The minimum Gasteiger partial charge on any atom is -0.491 e. The van der Waals surface area contributed by atoms with Crippen molar-refractivity contribution in [3.63, 3.8) is 0 Å². The molecule has 4 rings (SSSR count). The molecule has 2 unspecified atom stereocenters. The van der Waals surface area contributed by atoms with Gasteiger partial charge in [0.1, 0.15) is 30.0 Å². The van der Waals surface area contributed by atoms with Gasteiger partial charge in [-0.2, -0.15) is 0 Å². The molecule has 0 spiro atoms. The van der Waals surface area contributed by atoms with E-state index in [2.05, 4.69) is 34.2 Å². The first-order valence-corrected chi connectivity index (χ1v) is 11.7. The third-order valence-corrected chi connectivity index (χ3v) is 6.26. The summed E-state index contributed by atoms with van der Waals surface area (Å²) in [6.45, 7) is 9.48. The number of nitrogens with zero attached hydrogens (tertiary/aromatic N) is 5. The van der Waals surface area contributed by atoms with Crippen LogP contribution in [-0.4, -0.2) is 84.2 Å². The molecule has 0 saturated carbocycles. The summed E-state index contributed by atoms with van der Waals surface area (Å²) in [4.78, 5) is 14.5. The number of piperazine rings is 1. The van der Waals surface area contributed by atoms with E-state index >= 15 is 0 Å². The number of aryl methyl sites for hydroxylation is 2. The quantitative estimate of drug-likeness (QED) is 0.519. The number of hydrogen-bond donors (Lipinski definition) is 2. The molecule has 1 aliphatic rings. The lowest BCUT2D eigenvalue weighted by Crippen LogP contribution is -2.50. The number of nitrogens with one attached hydrogen (secondary N) is 1. The number of aliphatic hydroxyl groups is 1. The Morgan fingerprint density at radius 3 is 2.76 bits per heavy atom. The number of aliphatic hydroxyl groups excluding tert-OH is 1. The highest BCUT2D eigenvalue weighted by Crippen LogP contribution is 2.31. The van der Waals surface area contributed by atoms with Gasteiger partial charge >= 0.3 is 0 Å². The molecule has 2 atom stereocenters. The summed E-state index contributed by atoms with van der Waals surface area (Å²) in [6.07, 6.45) is -0.585. The minimum absolute atomic E-state index is 0.203. The van der Waals surface area contributed by atoms with E-state index in [1.807, 2.05) is 44.2 Å². The van der Waals surface area contributed by atoms with Crippen molar-refractivity contribution in [3.8, 4) is 28.4 Å². The fourth-order valence-corrected chi connectivity index (χ4v) is 4.17. The minimum atomic E-state index is -0.585. The molecule has 9 heteroatoms. The Morgan fingerprint density at radius 1 is 1.24 bits per heavy atom. The average Bonchev–Trinajstić information content (AvgIpc) is 3.17. The molecule has 2 N–H and O–H groups in total. The van der Waals surface area contributed by atoms with Gasteiger partial charge in [-0.1, -0.05) is 17.3 Å². The van der Waals surface area contributed by atoms with Gasteiger partial charge < -0.3 is 29.5 Å². The standard InChI is InChI=1S/C25H34N6O3/c1-16-14-31(10-9-30(16)5)23-12-22(24-17(2)29-34-18(24)3)27-25(28-23)19-7-6-8-21(11-19)33-15-20(32)13-26-4/h6-8,11-12,16,20,26,32H,9-10,13-15H2,1-5H3. The summed E-state index contributed by atoms with van der Waals surface area (Å²) in [5.41, 5.74) is 3.33. The lowest BCUT2D eigenvalue weighted by atomic mass is 10.1. The normalized spacial score (nSPS) is 17.7. The van der Waals surface area contributed by atoms with Gasteiger partial charge in [-0.3, -0.25) is 0 Å². The van der Waals surface area contributed by atoms with Crippen molar-refractivity contribution in [2.45, 2.75) is 32.9 Å². The molecule has 1 aliphatic heterocycles. The molecule has 3 heterocycles. The van der Waals surface area contributed by atoms with Crippen LogP contribution in [0.2, 0.25) is 0 Å². The van der Waals surface area contributed by atoms with Gasteiger partial charge in [0.2, 0.25) is 0 Å². The van der Waals surface area contributed by atoms with Crippen LogP contribution in [0.25, 0.3) is 22.6 Å². The van der Waals surface area contributed by atoms with Crippen molar-refractivity contribution >= 4 is 5.82 Å². The highest BCUT2D eigenvalue weighted by Gasteiger charge is 2.24. The number of likely N-dealkylation sites (N-methyl/N-ethyl adjacent to an activating group) is 2. The fourth-order valence-electron chi connectivity index (χ4n) is 4.17. The van der Waals surface area contributed by atoms with Gasteiger partial charge in [-0.05, 0) is 47.0 Å². The predicted molar refractivity (Wildman–Crippen MR) is 132 cm³/mol. The molecule has 1 saturated heterocycles. The molecule has 3 aromatic rings. The number of hydrogen-bond acceptors (Lipinski definition) is 9. The van der Waals surface area contributed by atoms with Crippen molar-refractivity contribution in [1.82, 2.24) is 25.3 Å². The number of aromatic nitrogens is 3. The van der Waals surface area contributed by atoms with Crippen LogP contribution in [0.4, 0.5) is 5.82 Å². The second kappa shape index (κ2) is 10.5. The molecule has 1 fully saturated rings. The van der Waals surface area contributed by atoms with E-state index < -0.39 is 6.10 Å². The maximum absolute atomic E-state index is 9.98. The summed E-state index contributed by atoms with van der Waals surface area (Å²) >= 11 is 0. The van der Waals surface area contributed by atoms with Crippen LogP contribution in [-0.2, 0) is 0 Å². The zero-order valence-electron chi connectivity index (χ0n) is 20.6. The molecule has 0 aliphatic carbocycles. The van der Waals surface area contributed by atoms with E-state index in [4.69, 9.17) is 19.2 Å². The lowest BCUT2D eigenvalue weighted by Gasteiger charge is -2.38. The maximum atomic E-state index is 9.98. The van der Waals surface area contributed by atoms with E-state index in [0.717, 1.165) is 53.7 Å². The van der Waals surface area contributed by atoms with Crippen LogP contribution in [0, 0.1) is 13.8 Å². The summed E-state index contributed by atoms with van der Waals surface area (Å²) < 4.78 is 11.2. The SMILES string of the molecule is CNCC(O)COc1cccc(-c2nc(-c3c(C)noc3C)cc(N3CCN(C)C(C)C3)n2)c1. The van der Waals surface area contributed by atoms with E-state index in [-0.39, 0.29) is 6.61 Å². The largest absolute Gasteiger partial charge is 0.491 e. The predicted octanol–water partition coefficient (Wildman–Crippen LogP) is 2.51. The Bertz CT molecular complexity index is 1100. The molecule has 0 bridgehead atoms. The Balaban J connectivity index is 1.71. The summed E-state index contributed by atoms with van der Waals surface area (Å²) in [6, 6.07) is 10.1. The number of benzene rings is 1. The highest BCUT2D eigenvalue weighted by atomic mass is 16.5. The van der Waals surface area contributed by atoms with Crippen LogP contribution in [0.1, 0.15) is 18.4 Å². The van der Waals surface area contributed by atoms with Crippen LogP contribution in [0.15, 0.2) is 34.9 Å². The maximum Gasteiger partial charge on any atom is 0.162 e.